The number of cyclic esters (lactones) is 1. The van der Waals surface area contributed by atoms with E-state index in [-0.39, 0.29) is 6.10 Å². The van der Waals surface area contributed by atoms with Crippen molar-refractivity contribution in [3.8, 4) is 0 Å². The van der Waals surface area contributed by atoms with E-state index in [2.05, 4.69) is 0 Å². The molecule has 0 aromatic heterocycles. The maximum atomic E-state index is 11.3. The van der Waals surface area contributed by atoms with Crippen molar-refractivity contribution in [3.63, 3.8) is 0 Å². The molecular weight excluding hydrogens is 232 g/mol. The number of hydrogen-bond acceptors (Lipinski definition) is 4. The number of rotatable bonds is 4. The number of carbonyl (C=O) groups excluding carboxylic acids is 1. The Morgan fingerprint density at radius 1 is 1.44 bits per heavy atom. The summed E-state index contributed by atoms with van der Waals surface area (Å²) in [7, 11) is 1.52. The molecule has 1 aromatic carbocycles. The van der Waals surface area contributed by atoms with Crippen LogP contribution in [0.4, 0.5) is 0 Å². The Balaban J connectivity index is 1.98. The van der Waals surface area contributed by atoms with Gasteiger partial charge in [0.2, 0.25) is 0 Å². The Morgan fingerprint density at radius 3 is 2.83 bits per heavy atom. The molecule has 2 atom stereocenters. The molecule has 0 saturated heterocycles. The minimum atomic E-state index is -0.639. The smallest absolute Gasteiger partial charge is 0.334 e. The maximum Gasteiger partial charge on any atom is 0.334 e. The maximum absolute atomic E-state index is 11.3. The Morgan fingerprint density at radius 2 is 2.17 bits per heavy atom. The quantitative estimate of drug-likeness (QED) is 0.827. The lowest BCUT2D eigenvalue weighted by Gasteiger charge is -2.24. The zero-order valence-corrected chi connectivity index (χ0v) is 10.2. The topological polar surface area (TPSA) is 55.8 Å². The molecule has 0 radical (unpaired) electrons. The van der Waals surface area contributed by atoms with E-state index in [0.29, 0.717) is 18.6 Å². The largest absolute Gasteiger partial charge is 0.501 e. The Bertz CT molecular complexity index is 438. The van der Waals surface area contributed by atoms with Gasteiger partial charge in [0.25, 0.3) is 0 Å². The van der Waals surface area contributed by atoms with Crippen molar-refractivity contribution < 1.29 is 19.4 Å². The van der Waals surface area contributed by atoms with Crippen LogP contribution in [0.25, 0.3) is 0 Å². The van der Waals surface area contributed by atoms with Gasteiger partial charge in [-0.2, -0.15) is 0 Å². The van der Waals surface area contributed by atoms with Gasteiger partial charge in [0.1, 0.15) is 11.9 Å². The third-order valence-corrected chi connectivity index (χ3v) is 2.92. The lowest BCUT2D eigenvalue weighted by molar-refractivity contribution is -0.146. The van der Waals surface area contributed by atoms with E-state index in [9.17, 15) is 9.90 Å². The summed E-state index contributed by atoms with van der Waals surface area (Å²) in [6.07, 6.45) is 1.24. The molecule has 2 unspecified atom stereocenters. The molecule has 2 rings (SSSR count). The lowest BCUT2D eigenvalue weighted by Crippen LogP contribution is -2.25. The molecule has 0 saturated carbocycles. The summed E-state index contributed by atoms with van der Waals surface area (Å²) < 4.78 is 10.2. The zero-order chi connectivity index (χ0) is 13.0. The average Bonchev–Trinajstić information content (AvgIpc) is 2.39. The van der Waals surface area contributed by atoms with Crippen LogP contribution in [0.15, 0.2) is 42.2 Å². The summed E-state index contributed by atoms with van der Waals surface area (Å²) in [6, 6.07) is 9.32. The molecule has 0 aliphatic carbocycles. The van der Waals surface area contributed by atoms with Crippen LogP contribution >= 0.6 is 0 Å². The first-order valence-corrected chi connectivity index (χ1v) is 5.87. The van der Waals surface area contributed by atoms with E-state index < -0.39 is 12.1 Å². The third kappa shape index (κ3) is 3.11. The minimum absolute atomic E-state index is 0.340. The summed E-state index contributed by atoms with van der Waals surface area (Å²) in [5.41, 5.74) is 0.821. The first-order valence-electron chi connectivity index (χ1n) is 5.87. The Hall–Kier alpha value is -1.81. The number of aliphatic hydroxyl groups is 1. The highest BCUT2D eigenvalue weighted by molar-refractivity contribution is 5.83. The molecule has 1 N–H and O–H groups in total. The first kappa shape index (κ1) is 12.6. The summed E-state index contributed by atoms with van der Waals surface area (Å²) >= 11 is 0. The molecule has 1 aliphatic heterocycles. The van der Waals surface area contributed by atoms with Crippen LogP contribution in [0.3, 0.4) is 0 Å². The number of benzene rings is 1. The zero-order valence-electron chi connectivity index (χ0n) is 10.2. The summed E-state index contributed by atoms with van der Waals surface area (Å²) in [4.78, 5) is 11.3. The van der Waals surface area contributed by atoms with Crippen LogP contribution < -0.4 is 0 Å². The van der Waals surface area contributed by atoms with Gasteiger partial charge in [-0.25, -0.2) is 4.79 Å². The molecule has 18 heavy (non-hydrogen) atoms. The molecule has 0 fully saturated rings. The fourth-order valence-electron chi connectivity index (χ4n) is 1.99. The molecule has 4 heteroatoms. The second kappa shape index (κ2) is 5.69. The van der Waals surface area contributed by atoms with Crippen molar-refractivity contribution in [2.75, 3.05) is 7.11 Å². The number of aliphatic hydroxyl groups excluding tert-OH is 1. The van der Waals surface area contributed by atoms with E-state index in [1.54, 1.807) is 0 Å². The first-order chi connectivity index (χ1) is 8.69. The van der Waals surface area contributed by atoms with E-state index in [1.807, 2.05) is 30.3 Å². The summed E-state index contributed by atoms with van der Waals surface area (Å²) in [5, 5.41) is 10.1. The second-order valence-electron chi connectivity index (χ2n) is 4.24. The standard InChI is InChI=1S/C14H16O4/c1-17-11-7-12(18-14(16)9-11)8-13(15)10-5-3-2-4-6-10/h2-6,9,12-13,15H,7-8H2,1H3. The van der Waals surface area contributed by atoms with Gasteiger partial charge in [-0.15, -0.1) is 0 Å². The number of carbonyl (C=O) groups is 1. The molecule has 0 amide bonds. The number of methoxy groups -OCH3 is 1. The number of ether oxygens (including phenoxy) is 2. The van der Waals surface area contributed by atoms with Crippen molar-refractivity contribution in [1.29, 1.82) is 0 Å². The van der Waals surface area contributed by atoms with Crippen LogP contribution in [0.1, 0.15) is 24.5 Å². The van der Waals surface area contributed by atoms with Crippen molar-refractivity contribution in [3.05, 3.63) is 47.7 Å². The fourth-order valence-corrected chi connectivity index (χ4v) is 1.99. The normalized spacial score (nSPS) is 20.9. The predicted molar refractivity (Wildman–Crippen MR) is 65.6 cm³/mol. The Labute approximate surface area is 106 Å². The molecule has 0 spiro atoms. The monoisotopic (exact) mass is 248 g/mol. The van der Waals surface area contributed by atoms with Gasteiger partial charge < -0.3 is 14.6 Å². The second-order valence-corrected chi connectivity index (χ2v) is 4.24. The van der Waals surface area contributed by atoms with E-state index >= 15 is 0 Å². The van der Waals surface area contributed by atoms with Crippen LogP contribution in [0.5, 0.6) is 0 Å². The van der Waals surface area contributed by atoms with E-state index in [0.717, 1.165) is 5.56 Å². The predicted octanol–water partition coefficient (Wildman–Crippen LogP) is 1.96. The van der Waals surface area contributed by atoms with E-state index in [4.69, 9.17) is 9.47 Å². The van der Waals surface area contributed by atoms with Gasteiger partial charge >= 0.3 is 5.97 Å². The minimum Gasteiger partial charge on any atom is -0.501 e. The van der Waals surface area contributed by atoms with Crippen LogP contribution in [0, 0.1) is 0 Å². The van der Waals surface area contributed by atoms with Gasteiger partial charge in [-0.3, -0.25) is 0 Å². The summed E-state index contributed by atoms with van der Waals surface area (Å²) in [5.74, 6) is 0.180. The van der Waals surface area contributed by atoms with Gasteiger partial charge in [-0.1, -0.05) is 30.3 Å². The van der Waals surface area contributed by atoms with Crippen LogP contribution in [-0.4, -0.2) is 24.3 Å². The van der Waals surface area contributed by atoms with E-state index in [1.165, 1.54) is 13.2 Å². The third-order valence-electron chi connectivity index (χ3n) is 2.92. The molecule has 4 nitrogen and oxygen atoms in total. The van der Waals surface area contributed by atoms with Crippen molar-refractivity contribution >= 4 is 5.97 Å². The molecular formula is C14H16O4. The molecule has 0 bridgehead atoms. The lowest BCUT2D eigenvalue weighted by atomic mass is 10.0. The van der Waals surface area contributed by atoms with Crippen LogP contribution in [0.2, 0.25) is 0 Å². The highest BCUT2D eigenvalue weighted by atomic mass is 16.6. The van der Waals surface area contributed by atoms with Crippen molar-refractivity contribution in [2.45, 2.75) is 25.0 Å². The Kier molecular flexibility index (Phi) is 3.99. The molecule has 1 aliphatic rings. The molecule has 1 aromatic rings. The molecule has 96 valence electrons. The summed E-state index contributed by atoms with van der Waals surface area (Å²) in [6.45, 7) is 0. The van der Waals surface area contributed by atoms with Crippen molar-refractivity contribution in [1.82, 2.24) is 0 Å². The van der Waals surface area contributed by atoms with Gasteiger partial charge in [0.05, 0.1) is 19.3 Å². The number of esters is 1. The van der Waals surface area contributed by atoms with Gasteiger partial charge in [0.15, 0.2) is 0 Å². The van der Waals surface area contributed by atoms with Crippen LogP contribution in [-0.2, 0) is 14.3 Å². The highest BCUT2D eigenvalue weighted by Gasteiger charge is 2.25. The number of hydrogen-bond donors (Lipinski definition) is 1. The highest BCUT2D eigenvalue weighted by Crippen LogP contribution is 2.25. The fraction of sp³-hybridized carbons (Fsp3) is 0.357. The SMILES string of the molecule is COC1=CC(=O)OC(CC(O)c2ccccc2)C1. The van der Waals surface area contributed by atoms with Crippen molar-refractivity contribution in [2.24, 2.45) is 0 Å². The van der Waals surface area contributed by atoms with Gasteiger partial charge in [-0.05, 0) is 5.56 Å². The van der Waals surface area contributed by atoms with Gasteiger partial charge in [0, 0.05) is 12.8 Å². The molecule has 1 heterocycles. The average molecular weight is 248 g/mol.